The molecule has 0 radical (unpaired) electrons. The molecule has 0 spiro atoms. The third-order valence-corrected chi connectivity index (χ3v) is 4.21. The zero-order valence-corrected chi connectivity index (χ0v) is 15.7. The number of hydrogen-bond donors (Lipinski definition) is 1. The van der Waals surface area contributed by atoms with Gasteiger partial charge in [0, 0.05) is 17.9 Å². The molecule has 0 amide bonds. The van der Waals surface area contributed by atoms with E-state index in [1.165, 1.54) is 6.07 Å². The highest BCUT2D eigenvalue weighted by Gasteiger charge is 2.24. The van der Waals surface area contributed by atoms with Gasteiger partial charge in [0.25, 0.3) is 6.43 Å². The van der Waals surface area contributed by atoms with Crippen LogP contribution in [0.5, 0.6) is 5.75 Å². The van der Waals surface area contributed by atoms with Crippen LogP contribution in [-0.2, 0) is 0 Å². The van der Waals surface area contributed by atoms with Crippen LogP contribution in [0.4, 0.5) is 8.78 Å². The molecule has 1 atom stereocenters. The van der Waals surface area contributed by atoms with E-state index in [1.54, 1.807) is 29.1 Å². The first-order chi connectivity index (χ1) is 12.8. The van der Waals surface area contributed by atoms with E-state index in [-0.39, 0.29) is 12.4 Å². The number of aromatic nitrogens is 3. The summed E-state index contributed by atoms with van der Waals surface area (Å²) in [6, 6.07) is 8.65. The molecule has 3 rings (SSSR count). The van der Waals surface area contributed by atoms with Crippen LogP contribution in [0.25, 0.3) is 16.9 Å². The number of hydrogen-bond acceptors (Lipinski definition) is 4. The van der Waals surface area contributed by atoms with Crippen molar-refractivity contribution in [2.24, 2.45) is 11.7 Å². The highest BCUT2D eigenvalue weighted by Crippen LogP contribution is 2.30. The number of pyridine rings is 2. The predicted molar refractivity (Wildman–Crippen MR) is 101 cm³/mol. The molecule has 0 aromatic carbocycles. The van der Waals surface area contributed by atoms with E-state index in [1.807, 2.05) is 19.1 Å². The summed E-state index contributed by atoms with van der Waals surface area (Å²) in [6.45, 7) is 6.11. The van der Waals surface area contributed by atoms with Gasteiger partial charge in [-0.1, -0.05) is 13.8 Å². The van der Waals surface area contributed by atoms with Crippen LogP contribution in [0.3, 0.4) is 0 Å². The van der Waals surface area contributed by atoms with E-state index in [0.29, 0.717) is 11.7 Å². The Bertz CT molecular complexity index is 921. The predicted octanol–water partition coefficient (Wildman–Crippen LogP) is 4.50. The summed E-state index contributed by atoms with van der Waals surface area (Å²) in [7, 11) is 0. The topological polar surface area (TPSA) is 66.0 Å². The van der Waals surface area contributed by atoms with Gasteiger partial charge in [0.1, 0.15) is 18.2 Å². The maximum Gasteiger partial charge on any atom is 0.284 e. The smallest absolute Gasteiger partial charge is 0.284 e. The summed E-state index contributed by atoms with van der Waals surface area (Å²) < 4.78 is 34.6. The minimum Gasteiger partial charge on any atom is -0.490 e. The third-order valence-electron chi connectivity index (χ3n) is 4.21. The molecule has 144 valence electrons. The van der Waals surface area contributed by atoms with Gasteiger partial charge in [0.15, 0.2) is 5.69 Å². The van der Waals surface area contributed by atoms with Crippen LogP contribution in [0, 0.1) is 5.92 Å². The fourth-order valence-electron chi connectivity index (χ4n) is 3.26. The van der Waals surface area contributed by atoms with Gasteiger partial charge in [-0.25, -0.2) is 13.8 Å². The summed E-state index contributed by atoms with van der Waals surface area (Å²) >= 11 is 0. The Morgan fingerprint density at radius 3 is 2.70 bits per heavy atom. The zero-order valence-electron chi connectivity index (χ0n) is 15.7. The summed E-state index contributed by atoms with van der Waals surface area (Å²) in [5, 5.41) is 0. The second-order valence-corrected chi connectivity index (χ2v) is 7.49. The van der Waals surface area contributed by atoms with Gasteiger partial charge in [0.05, 0.1) is 11.0 Å². The molecular weight excluding hydrogens is 350 g/mol. The van der Waals surface area contributed by atoms with Gasteiger partial charge in [-0.15, -0.1) is 0 Å². The Hall–Kier alpha value is -2.54. The Labute approximate surface area is 157 Å². The number of halogens is 2. The third kappa shape index (κ3) is 4.42. The summed E-state index contributed by atoms with van der Waals surface area (Å²) in [6.07, 6.45) is 1.41. The van der Waals surface area contributed by atoms with Gasteiger partial charge in [-0.05, 0) is 49.6 Å². The molecule has 27 heavy (non-hydrogen) atoms. The van der Waals surface area contributed by atoms with Crippen LogP contribution in [-0.4, -0.2) is 26.7 Å². The van der Waals surface area contributed by atoms with Crippen molar-refractivity contribution in [1.29, 1.82) is 0 Å². The second-order valence-electron chi connectivity index (χ2n) is 7.49. The van der Waals surface area contributed by atoms with Crippen molar-refractivity contribution >= 4 is 11.0 Å². The SMILES string of the molecule is CC(C)C[C@](C)(N)COc1ccc(-n2ccc3ncccc32)nc1C(F)F. The highest BCUT2D eigenvalue weighted by molar-refractivity contribution is 5.77. The van der Waals surface area contributed by atoms with Crippen LogP contribution < -0.4 is 10.5 Å². The van der Waals surface area contributed by atoms with Crippen molar-refractivity contribution in [1.82, 2.24) is 14.5 Å². The van der Waals surface area contributed by atoms with E-state index in [9.17, 15) is 8.78 Å². The normalized spacial score (nSPS) is 14.1. The van der Waals surface area contributed by atoms with Crippen LogP contribution in [0.2, 0.25) is 0 Å². The van der Waals surface area contributed by atoms with Crippen molar-refractivity contribution in [2.75, 3.05) is 6.61 Å². The lowest BCUT2D eigenvalue weighted by molar-refractivity contribution is 0.134. The van der Waals surface area contributed by atoms with E-state index < -0.39 is 17.7 Å². The van der Waals surface area contributed by atoms with Crippen molar-refractivity contribution < 1.29 is 13.5 Å². The molecule has 2 N–H and O–H groups in total. The molecule has 0 aliphatic carbocycles. The molecule has 7 heteroatoms. The van der Waals surface area contributed by atoms with Crippen LogP contribution >= 0.6 is 0 Å². The fraction of sp³-hybridized carbons (Fsp3) is 0.400. The average Bonchev–Trinajstić information content (AvgIpc) is 3.03. The lowest BCUT2D eigenvalue weighted by atomic mass is 9.93. The van der Waals surface area contributed by atoms with Gasteiger partial charge < -0.3 is 10.5 Å². The number of rotatable bonds is 7. The minimum absolute atomic E-state index is 0.0590. The molecular formula is C20H24F2N4O. The van der Waals surface area contributed by atoms with E-state index >= 15 is 0 Å². The quantitative estimate of drug-likeness (QED) is 0.661. The number of nitrogens with two attached hydrogens (primary N) is 1. The molecule has 0 aliphatic heterocycles. The Balaban J connectivity index is 1.89. The van der Waals surface area contributed by atoms with Gasteiger partial charge in [-0.2, -0.15) is 0 Å². The molecule has 3 aromatic rings. The van der Waals surface area contributed by atoms with Gasteiger partial charge in [0.2, 0.25) is 0 Å². The standard InChI is InChI=1S/C20H24F2N4O/c1-13(2)11-20(3,23)12-27-16-6-7-17(25-18(16)19(21)22)26-10-8-14-15(26)5-4-9-24-14/h4-10,13,19H,11-12,23H2,1-3H3/t20-/m0/s1. The number of alkyl halides is 2. The Morgan fingerprint density at radius 2 is 2.00 bits per heavy atom. The highest BCUT2D eigenvalue weighted by atomic mass is 19.3. The monoisotopic (exact) mass is 374 g/mol. The largest absolute Gasteiger partial charge is 0.490 e. The maximum absolute atomic E-state index is 13.6. The molecule has 0 bridgehead atoms. The Kier molecular flexibility index (Phi) is 5.41. The molecule has 0 saturated heterocycles. The molecule has 0 aliphatic rings. The van der Waals surface area contributed by atoms with Crippen molar-refractivity contribution in [3.63, 3.8) is 0 Å². The van der Waals surface area contributed by atoms with Gasteiger partial charge >= 0.3 is 0 Å². The number of nitrogens with zero attached hydrogens (tertiary/aromatic N) is 3. The molecule has 5 nitrogen and oxygen atoms in total. The lowest BCUT2D eigenvalue weighted by Crippen LogP contribution is -2.43. The second kappa shape index (κ2) is 7.60. The van der Waals surface area contributed by atoms with E-state index in [4.69, 9.17) is 10.5 Å². The number of ether oxygens (including phenoxy) is 1. The van der Waals surface area contributed by atoms with Crippen LogP contribution in [0.15, 0.2) is 42.7 Å². The van der Waals surface area contributed by atoms with Crippen molar-refractivity contribution in [2.45, 2.75) is 39.2 Å². The minimum atomic E-state index is -2.76. The van der Waals surface area contributed by atoms with Crippen LogP contribution in [0.1, 0.15) is 39.3 Å². The summed E-state index contributed by atoms with van der Waals surface area (Å²) in [4.78, 5) is 8.39. The summed E-state index contributed by atoms with van der Waals surface area (Å²) in [5.74, 6) is 0.830. The summed E-state index contributed by atoms with van der Waals surface area (Å²) in [5.41, 5.74) is 6.79. The first kappa shape index (κ1) is 19.2. The van der Waals surface area contributed by atoms with E-state index in [2.05, 4.69) is 23.8 Å². The molecule has 0 unspecified atom stereocenters. The molecule has 3 heterocycles. The zero-order chi connectivity index (χ0) is 19.6. The van der Waals surface area contributed by atoms with Crippen molar-refractivity contribution in [3.05, 3.63) is 48.4 Å². The molecule has 0 saturated carbocycles. The average molecular weight is 374 g/mol. The lowest BCUT2D eigenvalue weighted by Gasteiger charge is -2.27. The Morgan fingerprint density at radius 1 is 1.22 bits per heavy atom. The first-order valence-electron chi connectivity index (χ1n) is 8.90. The van der Waals surface area contributed by atoms with Gasteiger partial charge in [-0.3, -0.25) is 9.55 Å². The molecule has 0 fully saturated rings. The maximum atomic E-state index is 13.6. The fourth-order valence-corrected chi connectivity index (χ4v) is 3.26. The van der Waals surface area contributed by atoms with E-state index in [0.717, 1.165) is 17.5 Å². The molecule has 3 aromatic heterocycles. The van der Waals surface area contributed by atoms with Crippen molar-refractivity contribution in [3.8, 4) is 11.6 Å². The first-order valence-corrected chi connectivity index (χ1v) is 8.90. The number of fused-ring (bicyclic) bond motifs is 1.